The fourth-order valence-corrected chi connectivity index (χ4v) is 2.55. The van der Waals surface area contributed by atoms with Crippen LogP contribution < -0.4 is 0 Å². The average Bonchev–Trinajstić information content (AvgIpc) is 2.72. The molecule has 0 spiro atoms. The van der Waals surface area contributed by atoms with Gasteiger partial charge < -0.3 is 9.47 Å². The number of carbonyl (C=O) groups is 2. The SMILES string of the molecule is O=C(CC(C(=O)OCC(F)(F)C(F)(F)C(F)(F)C(F)F)S(=O)(=O)O)OCC(F)(F)C(F)(F)C(F)(F)C(F)F. The van der Waals surface area contributed by atoms with Crippen LogP contribution in [0.3, 0.4) is 0 Å². The van der Waals surface area contributed by atoms with Crippen molar-refractivity contribution in [2.24, 2.45) is 0 Å². The molecule has 226 valence electrons. The summed E-state index contributed by atoms with van der Waals surface area (Å²) in [6.07, 6.45) is -13.3. The zero-order chi connectivity index (χ0) is 30.9. The summed E-state index contributed by atoms with van der Waals surface area (Å²) < 4.78 is 242. The number of hydrogen-bond donors (Lipinski definition) is 1. The van der Waals surface area contributed by atoms with Crippen molar-refractivity contribution < 1.29 is 102 Å². The first-order valence-corrected chi connectivity index (χ1v) is 10.1. The maximum atomic E-state index is 13.3. The second kappa shape index (κ2) is 11.1. The lowest BCUT2D eigenvalue weighted by atomic mass is 10.1. The van der Waals surface area contributed by atoms with E-state index in [0.717, 1.165) is 0 Å². The first-order valence-electron chi connectivity index (χ1n) is 8.62. The molecule has 0 saturated heterocycles. The van der Waals surface area contributed by atoms with Gasteiger partial charge in [0.2, 0.25) is 0 Å². The highest BCUT2D eigenvalue weighted by Crippen LogP contribution is 2.49. The van der Waals surface area contributed by atoms with Crippen molar-refractivity contribution in [3.8, 4) is 0 Å². The number of hydrogen-bond acceptors (Lipinski definition) is 6. The average molecular weight is 626 g/mol. The van der Waals surface area contributed by atoms with Gasteiger partial charge in [-0.1, -0.05) is 0 Å². The summed E-state index contributed by atoms with van der Waals surface area (Å²) in [4.78, 5) is 22.9. The van der Waals surface area contributed by atoms with Gasteiger partial charge >= 0.3 is 60.3 Å². The summed E-state index contributed by atoms with van der Waals surface area (Å²) in [7, 11) is -6.15. The van der Waals surface area contributed by atoms with Crippen LogP contribution in [0.1, 0.15) is 6.42 Å². The first-order chi connectivity index (χ1) is 16.5. The molecule has 0 bridgehead atoms. The van der Waals surface area contributed by atoms with E-state index in [0.29, 0.717) is 0 Å². The molecule has 0 rings (SSSR count). The molecule has 0 aromatic rings. The van der Waals surface area contributed by atoms with Gasteiger partial charge in [-0.2, -0.15) is 61.1 Å². The highest BCUT2D eigenvalue weighted by atomic mass is 32.2. The number of esters is 2. The van der Waals surface area contributed by atoms with Crippen LogP contribution in [-0.4, -0.2) is 91.8 Å². The Balaban J connectivity index is 5.63. The Morgan fingerprint density at radius 3 is 1.26 bits per heavy atom. The van der Waals surface area contributed by atoms with E-state index in [2.05, 4.69) is 9.47 Å². The highest BCUT2D eigenvalue weighted by Gasteiger charge is 2.76. The van der Waals surface area contributed by atoms with E-state index in [1.54, 1.807) is 0 Å². The van der Waals surface area contributed by atoms with Gasteiger partial charge in [-0.05, 0) is 0 Å². The minimum Gasteiger partial charge on any atom is -0.459 e. The van der Waals surface area contributed by atoms with E-state index in [9.17, 15) is 88.3 Å². The Bertz CT molecular complexity index is 966. The van der Waals surface area contributed by atoms with Gasteiger partial charge in [0.25, 0.3) is 10.1 Å². The van der Waals surface area contributed by atoms with Gasteiger partial charge in [-0.25, -0.2) is 17.6 Å². The monoisotopic (exact) mass is 626 g/mol. The molecule has 0 heterocycles. The molecule has 0 aliphatic heterocycles. The molecule has 1 N–H and O–H groups in total. The topological polar surface area (TPSA) is 107 Å². The van der Waals surface area contributed by atoms with Gasteiger partial charge in [0.15, 0.2) is 18.5 Å². The lowest BCUT2D eigenvalue weighted by Gasteiger charge is -2.32. The van der Waals surface area contributed by atoms with E-state index < -0.39 is 95.3 Å². The summed E-state index contributed by atoms with van der Waals surface area (Å²) >= 11 is 0. The van der Waals surface area contributed by atoms with Crippen molar-refractivity contribution >= 4 is 22.1 Å². The standard InChI is InChI=1S/C14H10F16O7S/c15-7(16)11(23,24)13(27,28)9(19,20)2-36-5(31)1-4(38(33,34)35)6(32)37-3-10(21,22)14(29,30)12(25,26)8(17)18/h4,7-8H,1-3H2,(H,33,34,35). The van der Waals surface area contributed by atoms with E-state index >= 15 is 0 Å². The number of carbonyl (C=O) groups excluding carboxylic acids is 2. The smallest absolute Gasteiger partial charge is 0.381 e. The van der Waals surface area contributed by atoms with Gasteiger partial charge in [0, 0.05) is 0 Å². The second-order valence-corrected chi connectivity index (χ2v) is 8.48. The lowest BCUT2D eigenvalue weighted by Crippen LogP contribution is -2.59. The normalized spacial score (nSPS) is 15.6. The van der Waals surface area contributed by atoms with E-state index in [1.165, 1.54) is 0 Å². The van der Waals surface area contributed by atoms with Crippen LogP contribution in [0.25, 0.3) is 0 Å². The maximum Gasteiger partial charge on any atom is 0.381 e. The third-order valence-corrected chi connectivity index (χ3v) is 5.17. The molecule has 38 heavy (non-hydrogen) atoms. The van der Waals surface area contributed by atoms with Gasteiger partial charge in [-0.3, -0.25) is 14.1 Å². The number of halogens is 16. The van der Waals surface area contributed by atoms with Crippen molar-refractivity contribution in [2.45, 2.75) is 60.1 Å². The molecule has 0 radical (unpaired) electrons. The van der Waals surface area contributed by atoms with Crippen LogP contribution in [0, 0.1) is 0 Å². The number of rotatable bonds is 14. The van der Waals surface area contributed by atoms with Crippen LogP contribution >= 0.6 is 0 Å². The molecule has 7 nitrogen and oxygen atoms in total. The minimum absolute atomic E-state index is 2.43. The Kier molecular flexibility index (Phi) is 10.4. The predicted molar refractivity (Wildman–Crippen MR) is 83.6 cm³/mol. The first kappa shape index (κ1) is 35.7. The largest absolute Gasteiger partial charge is 0.459 e. The highest BCUT2D eigenvalue weighted by molar-refractivity contribution is 7.87. The molecule has 0 saturated carbocycles. The quantitative estimate of drug-likeness (QED) is 0.176. The molecule has 0 aromatic heterocycles. The van der Waals surface area contributed by atoms with Crippen molar-refractivity contribution in [2.75, 3.05) is 13.2 Å². The lowest BCUT2D eigenvalue weighted by molar-refractivity contribution is -0.344. The third-order valence-electron chi connectivity index (χ3n) is 4.09. The molecule has 0 aromatic carbocycles. The summed E-state index contributed by atoms with van der Waals surface area (Å²) in [6.45, 7) is -6.57. The van der Waals surface area contributed by atoms with E-state index in [1.807, 2.05) is 0 Å². The molecule has 1 atom stereocenters. The van der Waals surface area contributed by atoms with Crippen molar-refractivity contribution in [3.05, 3.63) is 0 Å². The van der Waals surface area contributed by atoms with Gasteiger partial charge in [-0.15, -0.1) is 0 Å². The number of alkyl halides is 16. The summed E-state index contributed by atoms with van der Waals surface area (Å²) in [5, 5.41) is -3.66. The molecule has 1 unspecified atom stereocenters. The molecule has 24 heteroatoms. The predicted octanol–water partition coefficient (Wildman–Crippen LogP) is 4.06. The molecular weight excluding hydrogens is 616 g/mol. The van der Waals surface area contributed by atoms with Crippen LogP contribution in [0.4, 0.5) is 70.2 Å². The molecule has 0 fully saturated rings. The van der Waals surface area contributed by atoms with E-state index in [-0.39, 0.29) is 0 Å². The van der Waals surface area contributed by atoms with Gasteiger partial charge in [0.1, 0.15) is 0 Å². The van der Waals surface area contributed by atoms with Crippen molar-refractivity contribution in [3.63, 3.8) is 0 Å². The minimum atomic E-state index is -6.99. The van der Waals surface area contributed by atoms with Crippen LogP contribution in [0.2, 0.25) is 0 Å². The third kappa shape index (κ3) is 7.02. The Hall–Kier alpha value is -2.27. The fourth-order valence-electron chi connectivity index (χ4n) is 1.89. The molecule has 0 amide bonds. The van der Waals surface area contributed by atoms with Crippen LogP contribution in [-0.2, 0) is 29.2 Å². The Labute approximate surface area is 198 Å². The van der Waals surface area contributed by atoms with Crippen LogP contribution in [0.5, 0.6) is 0 Å². The van der Waals surface area contributed by atoms with E-state index in [4.69, 9.17) is 4.55 Å². The Morgan fingerprint density at radius 2 is 0.974 bits per heavy atom. The van der Waals surface area contributed by atoms with Gasteiger partial charge in [0.05, 0.1) is 6.42 Å². The second-order valence-electron chi connectivity index (χ2n) is 6.88. The Morgan fingerprint density at radius 1 is 0.658 bits per heavy atom. The fraction of sp³-hybridized carbons (Fsp3) is 0.857. The summed E-state index contributed by atoms with van der Waals surface area (Å²) in [5.41, 5.74) is 0. The summed E-state index contributed by atoms with van der Waals surface area (Å²) in [6, 6.07) is 0. The van der Waals surface area contributed by atoms with Crippen molar-refractivity contribution in [1.29, 1.82) is 0 Å². The maximum absolute atomic E-state index is 13.3. The summed E-state index contributed by atoms with van der Waals surface area (Å²) in [5.74, 6) is -45.8. The number of ether oxygens (including phenoxy) is 2. The molecule has 0 aliphatic carbocycles. The zero-order valence-electron chi connectivity index (χ0n) is 17.2. The van der Waals surface area contributed by atoms with Crippen molar-refractivity contribution in [1.82, 2.24) is 0 Å². The molecule has 0 aliphatic rings. The van der Waals surface area contributed by atoms with Crippen LogP contribution in [0.15, 0.2) is 0 Å². The zero-order valence-corrected chi connectivity index (χ0v) is 18.0. The molecular formula is C14H10F16O7S.